The Morgan fingerprint density at radius 3 is 2.10 bits per heavy atom. The molecule has 29 heavy (non-hydrogen) atoms. The van der Waals surface area contributed by atoms with Crippen molar-refractivity contribution in [1.82, 2.24) is 5.32 Å². The molecular formula is C25H32N2O2. The maximum absolute atomic E-state index is 13.4. The molecule has 0 atom stereocenters. The molecule has 0 spiro atoms. The quantitative estimate of drug-likeness (QED) is 0.647. The average Bonchev–Trinajstić information content (AvgIpc) is 2.78. The van der Waals surface area contributed by atoms with Gasteiger partial charge in [-0.3, -0.25) is 9.59 Å². The summed E-state index contributed by atoms with van der Waals surface area (Å²) in [6, 6.07) is 20.0. The summed E-state index contributed by atoms with van der Waals surface area (Å²) in [6.07, 6.45) is 5.25. The van der Waals surface area contributed by atoms with Crippen LogP contribution in [0.1, 0.15) is 51.0 Å². The van der Waals surface area contributed by atoms with Gasteiger partial charge in [-0.2, -0.15) is 0 Å². The van der Waals surface area contributed by atoms with E-state index in [2.05, 4.69) is 24.4 Å². The van der Waals surface area contributed by atoms with Crippen LogP contribution in [0.3, 0.4) is 0 Å². The van der Waals surface area contributed by atoms with E-state index in [1.54, 1.807) is 0 Å². The molecule has 1 aliphatic carbocycles. The highest BCUT2D eigenvalue weighted by molar-refractivity contribution is 5.95. The molecule has 0 aliphatic heterocycles. The summed E-state index contributed by atoms with van der Waals surface area (Å²) in [5.41, 5.74) is 2.05. The highest BCUT2D eigenvalue weighted by atomic mass is 16.2. The number of hydrogen-bond donors (Lipinski definition) is 1. The largest absolute Gasteiger partial charge is 0.356 e. The minimum atomic E-state index is -0.0152. The second kappa shape index (κ2) is 10.8. The third-order valence-corrected chi connectivity index (χ3v) is 5.79. The molecule has 0 saturated heterocycles. The Kier molecular flexibility index (Phi) is 7.85. The molecule has 2 aromatic carbocycles. The van der Waals surface area contributed by atoms with E-state index in [0.29, 0.717) is 6.54 Å². The van der Waals surface area contributed by atoms with Gasteiger partial charge < -0.3 is 10.2 Å². The van der Waals surface area contributed by atoms with Crippen LogP contribution < -0.4 is 10.2 Å². The molecule has 4 heteroatoms. The van der Waals surface area contributed by atoms with Crippen molar-refractivity contribution < 1.29 is 9.59 Å². The number of carbonyl (C=O) groups is 2. The topological polar surface area (TPSA) is 49.4 Å². The molecule has 0 heterocycles. The van der Waals surface area contributed by atoms with E-state index >= 15 is 0 Å². The van der Waals surface area contributed by atoms with Crippen LogP contribution in [0.5, 0.6) is 0 Å². The van der Waals surface area contributed by atoms with E-state index < -0.39 is 0 Å². The molecule has 3 rings (SSSR count). The van der Waals surface area contributed by atoms with Gasteiger partial charge in [-0.15, -0.1) is 0 Å². The third kappa shape index (κ3) is 5.93. The van der Waals surface area contributed by atoms with E-state index in [4.69, 9.17) is 0 Å². The Bertz CT molecular complexity index is 768. The summed E-state index contributed by atoms with van der Waals surface area (Å²) in [5, 5.41) is 3.04. The fraction of sp³-hybridized carbons (Fsp3) is 0.440. The van der Waals surface area contributed by atoms with Crippen molar-refractivity contribution in [3.63, 3.8) is 0 Å². The van der Waals surface area contributed by atoms with Crippen LogP contribution in [0.4, 0.5) is 5.69 Å². The molecule has 0 bridgehead atoms. The fourth-order valence-corrected chi connectivity index (χ4v) is 4.03. The normalized spacial score (nSPS) is 18.8. The van der Waals surface area contributed by atoms with Gasteiger partial charge in [-0.25, -0.2) is 0 Å². The molecule has 154 valence electrons. The first-order valence-corrected chi connectivity index (χ1v) is 10.9. The Morgan fingerprint density at radius 2 is 1.48 bits per heavy atom. The first kappa shape index (κ1) is 21.1. The number of anilines is 1. The zero-order valence-electron chi connectivity index (χ0n) is 17.3. The molecule has 1 saturated carbocycles. The van der Waals surface area contributed by atoms with Crippen LogP contribution in [-0.2, 0) is 16.1 Å². The first-order chi connectivity index (χ1) is 14.2. The lowest BCUT2D eigenvalue weighted by Gasteiger charge is -2.32. The number of para-hydroxylation sites is 1. The number of unbranched alkanes of at least 4 members (excludes halogenated alkanes) is 1. The standard InChI is InChI=1S/C25H32N2O2/c1-2-3-18-26-24(28)21-14-16-22(17-15-21)25(29)27(23-12-8-5-9-13-23)19-20-10-6-4-7-11-20/h4-13,21-22H,2-3,14-19H2,1H3,(H,26,28). The van der Waals surface area contributed by atoms with Crippen molar-refractivity contribution in [1.29, 1.82) is 0 Å². The Balaban J connectivity index is 1.64. The Morgan fingerprint density at radius 1 is 0.897 bits per heavy atom. The highest BCUT2D eigenvalue weighted by Crippen LogP contribution is 2.32. The van der Waals surface area contributed by atoms with Crippen LogP contribution in [0, 0.1) is 11.8 Å². The van der Waals surface area contributed by atoms with Gasteiger partial charge >= 0.3 is 0 Å². The first-order valence-electron chi connectivity index (χ1n) is 10.9. The molecular weight excluding hydrogens is 360 g/mol. The summed E-state index contributed by atoms with van der Waals surface area (Å²) in [4.78, 5) is 27.7. The van der Waals surface area contributed by atoms with Gasteiger partial charge in [0.25, 0.3) is 0 Å². The predicted octanol–water partition coefficient (Wildman–Crippen LogP) is 4.94. The van der Waals surface area contributed by atoms with Gasteiger partial charge in [0.1, 0.15) is 0 Å². The van der Waals surface area contributed by atoms with E-state index in [0.717, 1.165) is 56.3 Å². The van der Waals surface area contributed by atoms with Crippen molar-refractivity contribution in [2.45, 2.75) is 52.0 Å². The molecule has 0 aromatic heterocycles. The fourth-order valence-electron chi connectivity index (χ4n) is 4.03. The number of rotatable bonds is 8. The zero-order valence-corrected chi connectivity index (χ0v) is 17.3. The second-order valence-corrected chi connectivity index (χ2v) is 7.94. The van der Waals surface area contributed by atoms with Gasteiger partial charge in [0.15, 0.2) is 0 Å². The summed E-state index contributed by atoms with van der Waals surface area (Å²) in [6.45, 7) is 3.45. The predicted molar refractivity (Wildman–Crippen MR) is 117 cm³/mol. The van der Waals surface area contributed by atoms with Gasteiger partial charge in [0.05, 0.1) is 6.54 Å². The molecule has 2 amide bonds. The van der Waals surface area contributed by atoms with Gasteiger partial charge in [-0.1, -0.05) is 61.9 Å². The number of amides is 2. The van der Waals surface area contributed by atoms with Crippen molar-refractivity contribution in [3.05, 3.63) is 66.2 Å². The number of benzene rings is 2. The van der Waals surface area contributed by atoms with Crippen molar-refractivity contribution in [3.8, 4) is 0 Å². The maximum Gasteiger partial charge on any atom is 0.230 e. The van der Waals surface area contributed by atoms with Crippen LogP contribution in [0.25, 0.3) is 0 Å². The second-order valence-electron chi connectivity index (χ2n) is 7.94. The lowest BCUT2D eigenvalue weighted by atomic mass is 9.80. The number of hydrogen-bond acceptors (Lipinski definition) is 2. The van der Waals surface area contributed by atoms with E-state index in [-0.39, 0.29) is 23.7 Å². The molecule has 2 aromatic rings. The number of nitrogens with zero attached hydrogens (tertiary/aromatic N) is 1. The van der Waals surface area contributed by atoms with E-state index in [1.807, 2.05) is 53.4 Å². The minimum Gasteiger partial charge on any atom is -0.356 e. The molecule has 1 aliphatic rings. The average molecular weight is 393 g/mol. The van der Waals surface area contributed by atoms with Crippen LogP contribution in [-0.4, -0.2) is 18.4 Å². The summed E-state index contributed by atoms with van der Waals surface area (Å²) < 4.78 is 0. The molecule has 0 radical (unpaired) electrons. The maximum atomic E-state index is 13.4. The summed E-state index contributed by atoms with van der Waals surface area (Å²) in [7, 11) is 0. The SMILES string of the molecule is CCCCNC(=O)C1CCC(C(=O)N(Cc2ccccc2)c2ccccc2)CC1. The Hall–Kier alpha value is -2.62. The number of nitrogens with one attached hydrogen (secondary N) is 1. The van der Waals surface area contributed by atoms with Gasteiger partial charge in [0, 0.05) is 24.1 Å². The zero-order chi connectivity index (χ0) is 20.5. The molecule has 1 N–H and O–H groups in total. The smallest absolute Gasteiger partial charge is 0.230 e. The van der Waals surface area contributed by atoms with Gasteiger partial charge in [-0.05, 0) is 49.8 Å². The van der Waals surface area contributed by atoms with Crippen molar-refractivity contribution >= 4 is 17.5 Å². The lowest BCUT2D eigenvalue weighted by molar-refractivity contribution is -0.129. The third-order valence-electron chi connectivity index (χ3n) is 5.79. The minimum absolute atomic E-state index is 0.0152. The lowest BCUT2D eigenvalue weighted by Crippen LogP contribution is -2.40. The van der Waals surface area contributed by atoms with Crippen molar-refractivity contribution in [2.24, 2.45) is 11.8 Å². The van der Waals surface area contributed by atoms with E-state index in [1.165, 1.54) is 0 Å². The Labute approximate surface area is 174 Å². The summed E-state index contributed by atoms with van der Waals surface area (Å²) in [5.74, 6) is 0.368. The van der Waals surface area contributed by atoms with Gasteiger partial charge in [0.2, 0.25) is 11.8 Å². The summed E-state index contributed by atoms with van der Waals surface area (Å²) >= 11 is 0. The van der Waals surface area contributed by atoms with Crippen molar-refractivity contribution in [2.75, 3.05) is 11.4 Å². The number of carbonyl (C=O) groups excluding carboxylic acids is 2. The van der Waals surface area contributed by atoms with Crippen LogP contribution in [0.15, 0.2) is 60.7 Å². The molecule has 4 nitrogen and oxygen atoms in total. The van der Waals surface area contributed by atoms with E-state index in [9.17, 15) is 9.59 Å². The monoisotopic (exact) mass is 392 g/mol. The highest BCUT2D eigenvalue weighted by Gasteiger charge is 2.32. The molecule has 0 unspecified atom stereocenters. The van der Waals surface area contributed by atoms with Crippen LogP contribution >= 0.6 is 0 Å². The van der Waals surface area contributed by atoms with Crippen LogP contribution in [0.2, 0.25) is 0 Å². The molecule has 1 fully saturated rings.